The summed E-state index contributed by atoms with van der Waals surface area (Å²) in [5, 5.41) is 0. The van der Waals surface area contributed by atoms with Gasteiger partial charge in [-0.3, -0.25) is 0 Å². The van der Waals surface area contributed by atoms with Crippen molar-refractivity contribution in [3.63, 3.8) is 0 Å². The summed E-state index contributed by atoms with van der Waals surface area (Å²) in [4.78, 5) is 1.27. The van der Waals surface area contributed by atoms with E-state index in [0.29, 0.717) is 5.41 Å². The SMILES string of the molecule is CC(C)(C)C1CCCC(N)(c2ccc(Cl)s2)CC1. The Morgan fingerprint density at radius 2 is 2.00 bits per heavy atom. The lowest BCUT2D eigenvalue weighted by molar-refractivity contribution is 0.211. The molecule has 3 heteroatoms. The zero-order chi connectivity index (χ0) is 13.4. The minimum Gasteiger partial charge on any atom is -0.321 e. The predicted molar refractivity (Wildman–Crippen MR) is 81.2 cm³/mol. The van der Waals surface area contributed by atoms with E-state index in [0.717, 1.165) is 23.1 Å². The maximum Gasteiger partial charge on any atom is 0.0931 e. The second-order valence-corrected chi connectivity index (χ2v) is 8.47. The van der Waals surface area contributed by atoms with E-state index >= 15 is 0 Å². The molecule has 0 aromatic carbocycles. The molecule has 0 saturated heterocycles. The van der Waals surface area contributed by atoms with Crippen molar-refractivity contribution in [3.8, 4) is 0 Å². The van der Waals surface area contributed by atoms with Crippen LogP contribution in [0.1, 0.15) is 57.8 Å². The summed E-state index contributed by atoms with van der Waals surface area (Å²) in [6, 6.07) is 4.09. The maximum absolute atomic E-state index is 6.65. The van der Waals surface area contributed by atoms with Crippen molar-refractivity contribution in [2.24, 2.45) is 17.1 Å². The molecule has 1 saturated carbocycles. The quantitative estimate of drug-likeness (QED) is 0.707. The average molecular weight is 286 g/mol. The van der Waals surface area contributed by atoms with Gasteiger partial charge in [-0.2, -0.15) is 0 Å². The Kier molecular flexibility index (Phi) is 4.10. The third-order valence-electron chi connectivity index (χ3n) is 4.40. The Bertz CT molecular complexity index is 407. The first-order chi connectivity index (χ1) is 8.31. The molecule has 2 atom stereocenters. The van der Waals surface area contributed by atoms with E-state index in [-0.39, 0.29) is 5.54 Å². The molecule has 1 aliphatic rings. The smallest absolute Gasteiger partial charge is 0.0931 e. The van der Waals surface area contributed by atoms with Gasteiger partial charge in [-0.15, -0.1) is 11.3 Å². The number of nitrogens with two attached hydrogens (primary N) is 1. The third kappa shape index (κ3) is 3.09. The summed E-state index contributed by atoms with van der Waals surface area (Å²) in [6.07, 6.45) is 5.95. The van der Waals surface area contributed by atoms with Crippen LogP contribution in [0, 0.1) is 11.3 Å². The molecule has 0 aliphatic heterocycles. The minimum atomic E-state index is -0.141. The normalized spacial score (nSPS) is 30.2. The van der Waals surface area contributed by atoms with Gasteiger partial charge in [-0.1, -0.05) is 38.8 Å². The van der Waals surface area contributed by atoms with Gasteiger partial charge in [0.05, 0.1) is 9.88 Å². The fourth-order valence-electron chi connectivity index (χ4n) is 3.06. The highest BCUT2D eigenvalue weighted by molar-refractivity contribution is 7.16. The van der Waals surface area contributed by atoms with Crippen LogP contribution in [0.3, 0.4) is 0 Å². The summed E-state index contributed by atoms with van der Waals surface area (Å²) < 4.78 is 0.853. The molecule has 0 spiro atoms. The summed E-state index contributed by atoms with van der Waals surface area (Å²) in [6.45, 7) is 7.05. The molecule has 1 heterocycles. The van der Waals surface area contributed by atoms with Crippen LogP contribution in [0.15, 0.2) is 12.1 Å². The topological polar surface area (TPSA) is 26.0 Å². The lowest BCUT2D eigenvalue weighted by Crippen LogP contribution is -2.35. The van der Waals surface area contributed by atoms with Crippen molar-refractivity contribution < 1.29 is 0 Å². The molecule has 1 aliphatic carbocycles. The molecule has 1 aromatic heterocycles. The van der Waals surface area contributed by atoms with Crippen LogP contribution in [0.25, 0.3) is 0 Å². The van der Waals surface area contributed by atoms with Crippen LogP contribution < -0.4 is 5.73 Å². The summed E-state index contributed by atoms with van der Waals surface area (Å²) in [7, 11) is 0. The first kappa shape index (κ1) is 14.4. The van der Waals surface area contributed by atoms with Crippen LogP contribution in [-0.4, -0.2) is 0 Å². The van der Waals surface area contributed by atoms with Crippen molar-refractivity contribution in [1.82, 2.24) is 0 Å². The molecule has 18 heavy (non-hydrogen) atoms. The Hall–Kier alpha value is -0.0500. The van der Waals surface area contributed by atoms with Crippen molar-refractivity contribution >= 4 is 22.9 Å². The van der Waals surface area contributed by atoms with Gasteiger partial charge in [0.25, 0.3) is 0 Å². The molecule has 2 N–H and O–H groups in total. The van der Waals surface area contributed by atoms with Gasteiger partial charge in [-0.25, -0.2) is 0 Å². The van der Waals surface area contributed by atoms with Crippen LogP contribution in [0.4, 0.5) is 0 Å². The highest BCUT2D eigenvalue weighted by atomic mass is 35.5. The first-order valence-corrected chi connectivity index (χ1v) is 8.05. The van der Waals surface area contributed by atoms with Gasteiger partial charge < -0.3 is 5.73 Å². The second-order valence-electron chi connectivity index (χ2n) is 6.75. The van der Waals surface area contributed by atoms with Gasteiger partial charge in [0.1, 0.15) is 0 Å². The monoisotopic (exact) mass is 285 g/mol. The van der Waals surface area contributed by atoms with Crippen molar-refractivity contribution in [2.45, 2.75) is 58.4 Å². The van der Waals surface area contributed by atoms with E-state index in [9.17, 15) is 0 Å². The summed E-state index contributed by atoms with van der Waals surface area (Å²) >= 11 is 7.70. The molecular formula is C15H24ClNS. The van der Waals surface area contributed by atoms with E-state index in [4.69, 9.17) is 17.3 Å². The number of rotatable bonds is 1. The van der Waals surface area contributed by atoms with Gasteiger partial charge in [0.2, 0.25) is 0 Å². The van der Waals surface area contributed by atoms with Gasteiger partial charge in [0.15, 0.2) is 0 Å². The maximum atomic E-state index is 6.65. The third-order valence-corrected chi connectivity index (χ3v) is 5.85. The second kappa shape index (κ2) is 5.15. The van der Waals surface area contributed by atoms with Crippen molar-refractivity contribution in [3.05, 3.63) is 21.3 Å². The molecule has 0 radical (unpaired) electrons. The highest BCUT2D eigenvalue weighted by Gasteiger charge is 2.35. The number of hydrogen-bond acceptors (Lipinski definition) is 2. The Morgan fingerprint density at radius 1 is 1.28 bits per heavy atom. The predicted octanol–water partition coefficient (Wildman–Crippen LogP) is 5.18. The zero-order valence-corrected chi connectivity index (χ0v) is 13.2. The Labute approximate surface area is 120 Å². The van der Waals surface area contributed by atoms with Crippen LogP contribution in [-0.2, 0) is 5.54 Å². The first-order valence-electron chi connectivity index (χ1n) is 6.86. The zero-order valence-electron chi connectivity index (χ0n) is 11.6. The average Bonchev–Trinajstić information content (AvgIpc) is 2.58. The lowest BCUT2D eigenvalue weighted by Gasteiger charge is -2.31. The molecular weight excluding hydrogens is 262 g/mol. The van der Waals surface area contributed by atoms with E-state index in [2.05, 4.69) is 26.8 Å². The van der Waals surface area contributed by atoms with Crippen molar-refractivity contribution in [2.75, 3.05) is 0 Å². The molecule has 1 aromatic rings. The van der Waals surface area contributed by atoms with Crippen LogP contribution >= 0.6 is 22.9 Å². The fraction of sp³-hybridized carbons (Fsp3) is 0.733. The van der Waals surface area contributed by atoms with Crippen LogP contribution in [0.5, 0.6) is 0 Å². The van der Waals surface area contributed by atoms with E-state index < -0.39 is 0 Å². The molecule has 1 nitrogen and oxygen atoms in total. The number of thiophene rings is 1. The highest BCUT2D eigenvalue weighted by Crippen LogP contribution is 2.44. The van der Waals surface area contributed by atoms with E-state index in [1.165, 1.54) is 24.1 Å². The van der Waals surface area contributed by atoms with Gasteiger partial charge in [0, 0.05) is 4.88 Å². The molecule has 2 unspecified atom stereocenters. The fourth-order valence-corrected chi connectivity index (χ4v) is 4.26. The largest absolute Gasteiger partial charge is 0.321 e. The summed E-state index contributed by atoms with van der Waals surface area (Å²) in [5.41, 5.74) is 6.91. The van der Waals surface area contributed by atoms with Gasteiger partial charge >= 0.3 is 0 Å². The molecule has 0 amide bonds. The molecule has 0 bridgehead atoms. The molecule has 1 fully saturated rings. The standard InChI is InChI=1S/C15H24ClNS/c1-14(2,3)11-5-4-9-15(17,10-8-11)12-6-7-13(16)18-12/h6-7,11H,4-5,8-10,17H2,1-3H3. The van der Waals surface area contributed by atoms with Gasteiger partial charge in [-0.05, 0) is 49.1 Å². The van der Waals surface area contributed by atoms with E-state index in [1.807, 2.05) is 6.07 Å². The number of halogens is 1. The van der Waals surface area contributed by atoms with Crippen molar-refractivity contribution in [1.29, 1.82) is 0 Å². The van der Waals surface area contributed by atoms with E-state index in [1.54, 1.807) is 11.3 Å². The number of hydrogen-bond donors (Lipinski definition) is 1. The lowest BCUT2D eigenvalue weighted by atomic mass is 9.76. The Morgan fingerprint density at radius 3 is 2.56 bits per heavy atom. The molecule has 102 valence electrons. The van der Waals surface area contributed by atoms with Crippen LogP contribution in [0.2, 0.25) is 4.34 Å². The molecule has 2 rings (SSSR count). The Balaban J connectivity index is 2.13. The minimum absolute atomic E-state index is 0.141. The summed E-state index contributed by atoms with van der Waals surface area (Å²) in [5.74, 6) is 0.790.